The molecule has 1 saturated carbocycles. The molecule has 1 aromatic rings. The molecule has 0 aromatic heterocycles. The van der Waals surface area contributed by atoms with E-state index in [1.165, 1.54) is 12.5 Å². The van der Waals surface area contributed by atoms with Gasteiger partial charge in [-0.3, -0.25) is 14.5 Å². The minimum absolute atomic E-state index is 0.0445. The Morgan fingerprint density at radius 1 is 1.32 bits per heavy atom. The van der Waals surface area contributed by atoms with Crippen LogP contribution in [0, 0.1) is 0 Å². The van der Waals surface area contributed by atoms with Crippen LogP contribution >= 0.6 is 0 Å². The third-order valence-electron chi connectivity index (χ3n) is 5.47. The van der Waals surface area contributed by atoms with Crippen molar-refractivity contribution in [2.45, 2.75) is 59.0 Å². The van der Waals surface area contributed by atoms with Gasteiger partial charge in [0.05, 0.1) is 12.8 Å². The number of hydrogen-bond donors (Lipinski definition) is 1. The standard InChI is InChI=1S/C22H29N3O3S.C2H6/c1-5-8-16(14-19(6-2)23-29(4,27)28)17-11-12-21-18(13-17)15-25(22(21)26)24(3)20-9-7-10-20;1-2/h6,8,11-14,20,23H,2,5,7,9-10,15H2,1,3-4H3;1-2H3/b16-8+,19-14+;. The quantitative estimate of drug-likeness (QED) is 0.599. The van der Waals surface area contributed by atoms with E-state index < -0.39 is 10.0 Å². The zero-order valence-electron chi connectivity index (χ0n) is 19.3. The van der Waals surface area contributed by atoms with Crippen LogP contribution in [0.1, 0.15) is 67.9 Å². The van der Waals surface area contributed by atoms with Gasteiger partial charge in [-0.25, -0.2) is 13.4 Å². The lowest BCUT2D eigenvalue weighted by molar-refractivity contribution is -0.0401. The van der Waals surface area contributed by atoms with Crippen molar-refractivity contribution >= 4 is 21.5 Å². The van der Waals surface area contributed by atoms with Gasteiger partial charge < -0.3 is 0 Å². The number of allylic oxidation sites excluding steroid dienone is 4. The Morgan fingerprint density at radius 2 is 2.00 bits per heavy atom. The molecule has 31 heavy (non-hydrogen) atoms. The molecule has 170 valence electrons. The number of benzene rings is 1. The lowest BCUT2D eigenvalue weighted by Gasteiger charge is -2.39. The summed E-state index contributed by atoms with van der Waals surface area (Å²) in [7, 11) is -1.40. The Bertz CT molecular complexity index is 976. The molecule has 1 aliphatic carbocycles. The van der Waals surface area contributed by atoms with Crippen LogP contribution in [0.2, 0.25) is 0 Å². The molecule has 0 radical (unpaired) electrons. The van der Waals surface area contributed by atoms with Crippen LogP contribution in [0.25, 0.3) is 5.57 Å². The number of rotatable bonds is 8. The maximum absolute atomic E-state index is 12.8. The van der Waals surface area contributed by atoms with E-state index in [1.54, 1.807) is 6.08 Å². The fraction of sp³-hybridized carbons (Fsp3) is 0.458. The number of carbonyl (C=O) groups is 1. The fourth-order valence-corrected chi connectivity index (χ4v) is 4.26. The first-order valence-corrected chi connectivity index (χ1v) is 12.8. The van der Waals surface area contributed by atoms with Crippen LogP contribution < -0.4 is 4.72 Å². The fourth-order valence-electron chi connectivity index (χ4n) is 3.69. The van der Waals surface area contributed by atoms with Crippen LogP contribution in [0.15, 0.2) is 48.7 Å². The van der Waals surface area contributed by atoms with Gasteiger partial charge >= 0.3 is 0 Å². The highest BCUT2D eigenvalue weighted by Crippen LogP contribution is 2.32. The third-order valence-corrected chi connectivity index (χ3v) is 6.07. The second-order valence-corrected chi connectivity index (χ2v) is 9.39. The molecular formula is C24H35N3O3S. The van der Waals surface area contributed by atoms with Crippen molar-refractivity contribution in [2.24, 2.45) is 0 Å². The molecule has 0 unspecified atom stereocenters. The van der Waals surface area contributed by atoms with E-state index in [0.717, 1.165) is 47.8 Å². The maximum atomic E-state index is 12.8. The first-order valence-electron chi connectivity index (χ1n) is 10.9. The van der Waals surface area contributed by atoms with Gasteiger partial charge in [-0.05, 0) is 60.2 Å². The monoisotopic (exact) mass is 445 g/mol. The summed E-state index contributed by atoms with van der Waals surface area (Å²) in [5, 5.41) is 3.91. The van der Waals surface area contributed by atoms with Gasteiger partial charge in [-0.2, -0.15) is 0 Å². The van der Waals surface area contributed by atoms with Crippen molar-refractivity contribution in [1.29, 1.82) is 0 Å². The van der Waals surface area contributed by atoms with Gasteiger partial charge in [-0.1, -0.05) is 45.9 Å². The number of hydrogen-bond acceptors (Lipinski definition) is 4. The van der Waals surface area contributed by atoms with E-state index in [1.807, 2.05) is 57.1 Å². The van der Waals surface area contributed by atoms with E-state index in [4.69, 9.17) is 0 Å². The van der Waals surface area contributed by atoms with E-state index in [9.17, 15) is 13.2 Å². The Hall–Kier alpha value is -2.38. The molecule has 0 bridgehead atoms. The van der Waals surface area contributed by atoms with Crippen molar-refractivity contribution in [3.63, 3.8) is 0 Å². The average molecular weight is 446 g/mol. The molecular weight excluding hydrogens is 410 g/mol. The van der Waals surface area contributed by atoms with E-state index in [2.05, 4.69) is 16.3 Å². The predicted octanol–water partition coefficient (Wildman–Crippen LogP) is 4.48. The molecule has 0 atom stereocenters. The molecule has 0 spiro atoms. The summed E-state index contributed by atoms with van der Waals surface area (Å²) >= 11 is 0. The first kappa shape index (κ1) is 24.9. The minimum atomic E-state index is -3.39. The summed E-state index contributed by atoms with van der Waals surface area (Å²) in [6.07, 6.45) is 10.7. The zero-order valence-corrected chi connectivity index (χ0v) is 20.1. The first-order chi connectivity index (χ1) is 14.7. The molecule has 7 heteroatoms. The number of carbonyl (C=O) groups excluding carboxylic acids is 1. The predicted molar refractivity (Wildman–Crippen MR) is 128 cm³/mol. The second-order valence-electron chi connectivity index (χ2n) is 7.64. The molecule has 2 aliphatic rings. The second kappa shape index (κ2) is 10.8. The van der Waals surface area contributed by atoms with Crippen LogP contribution in [-0.2, 0) is 16.6 Å². The number of nitrogens with one attached hydrogen (secondary N) is 1. The molecule has 1 amide bonds. The minimum Gasteiger partial charge on any atom is -0.284 e. The van der Waals surface area contributed by atoms with Crippen LogP contribution in [0.5, 0.6) is 0 Å². The number of fused-ring (bicyclic) bond motifs is 1. The van der Waals surface area contributed by atoms with Gasteiger partial charge in [0.2, 0.25) is 10.0 Å². The molecule has 1 N–H and O–H groups in total. The van der Waals surface area contributed by atoms with Gasteiger partial charge in [0.1, 0.15) is 0 Å². The Kier molecular flexibility index (Phi) is 8.65. The summed E-state index contributed by atoms with van der Waals surface area (Å²) in [4.78, 5) is 12.8. The van der Waals surface area contributed by atoms with Gasteiger partial charge in [0.25, 0.3) is 5.91 Å². The largest absolute Gasteiger partial charge is 0.284 e. The molecule has 3 rings (SSSR count). The van der Waals surface area contributed by atoms with Gasteiger partial charge in [-0.15, -0.1) is 0 Å². The smallest absolute Gasteiger partial charge is 0.268 e. The number of amides is 1. The van der Waals surface area contributed by atoms with E-state index in [-0.39, 0.29) is 5.91 Å². The molecule has 1 heterocycles. The summed E-state index contributed by atoms with van der Waals surface area (Å²) < 4.78 is 25.6. The van der Waals surface area contributed by atoms with E-state index >= 15 is 0 Å². The molecule has 1 aliphatic heterocycles. The highest BCUT2D eigenvalue weighted by atomic mass is 32.2. The third kappa shape index (κ3) is 6.08. The number of hydrazine groups is 1. The molecule has 1 fully saturated rings. The summed E-state index contributed by atoms with van der Waals surface area (Å²) in [5.74, 6) is 0.0445. The average Bonchev–Trinajstić information content (AvgIpc) is 3.02. The van der Waals surface area contributed by atoms with Crippen LogP contribution in [0.3, 0.4) is 0 Å². The zero-order chi connectivity index (χ0) is 23.2. The normalized spacial score (nSPS) is 17.1. The van der Waals surface area contributed by atoms with Crippen molar-refractivity contribution in [3.05, 3.63) is 65.4 Å². The Balaban J connectivity index is 0.00000166. The topological polar surface area (TPSA) is 69.7 Å². The van der Waals surface area contributed by atoms with Crippen molar-refractivity contribution in [1.82, 2.24) is 14.7 Å². The van der Waals surface area contributed by atoms with Crippen molar-refractivity contribution < 1.29 is 13.2 Å². The number of nitrogens with zero attached hydrogens (tertiary/aromatic N) is 2. The maximum Gasteiger partial charge on any atom is 0.268 e. The molecule has 0 saturated heterocycles. The molecule has 1 aromatic carbocycles. The van der Waals surface area contributed by atoms with Crippen molar-refractivity contribution in [3.8, 4) is 0 Å². The molecule has 6 nitrogen and oxygen atoms in total. The van der Waals surface area contributed by atoms with Crippen LogP contribution in [-0.4, -0.2) is 43.7 Å². The lowest BCUT2D eigenvalue weighted by atomic mass is 9.93. The van der Waals surface area contributed by atoms with E-state index in [0.29, 0.717) is 18.3 Å². The van der Waals surface area contributed by atoms with Gasteiger partial charge in [0.15, 0.2) is 0 Å². The van der Waals surface area contributed by atoms with Crippen molar-refractivity contribution in [2.75, 3.05) is 13.3 Å². The lowest BCUT2D eigenvalue weighted by Crippen LogP contribution is -2.49. The summed E-state index contributed by atoms with van der Waals surface area (Å²) in [5.41, 5.74) is 3.97. The number of sulfonamides is 1. The Labute approximate surface area is 187 Å². The highest BCUT2D eigenvalue weighted by molar-refractivity contribution is 7.88. The van der Waals surface area contributed by atoms with Crippen LogP contribution in [0.4, 0.5) is 0 Å². The van der Waals surface area contributed by atoms with Gasteiger partial charge in [0, 0.05) is 24.4 Å². The SMILES string of the molecule is C=C/C(=C\C(=C/CC)c1ccc2c(c1)CN(N(C)C1CCC1)C2=O)NS(C)(=O)=O.CC. The Morgan fingerprint density at radius 3 is 2.52 bits per heavy atom. The summed E-state index contributed by atoms with van der Waals surface area (Å²) in [6.45, 7) is 10.3. The summed E-state index contributed by atoms with van der Waals surface area (Å²) in [6, 6.07) is 6.27. The highest BCUT2D eigenvalue weighted by Gasteiger charge is 2.35.